The van der Waals surface area contributed by atoms with Crippen LogP contribution in [0.2, 0.25) is 0 Å². The molecule has 0 bridgehead atoms. The molecule has 2 unspecified atom stereocenters. The predicted octanol–water partition coefficient (Wildman–Crippen LogP) is 4.00. The number of piperidine rings is 1. The molecule has 0 radical (unpaired) electrons. The van der Waals surface area contributed by atoms with Gasteiger partial charge in [-0.25, -0.2) is 0 Å². The van der Waals surface area contributed by atoms with E-state index in [-0.39, 0.29) is 0 Å². The number of benzene rings is 1. The minimum absolute atomic E-state index is 0.596. The van der Waals surface area contributed by atoms with E-state index >= 15 is 0 Å². The molecule has 2 saturated heterocycles. The quantitative estimate of drug-likeness (QED) is 0.357. The predicted molar refractivity (Wildman–Crippen MR) is 126 cm³/mol. The van der Waals surface area contributed by atoms with Crippen molar-refractivity contribution in [3.05, 3.63) is 35.9 Å². The van der Waals surface area contributed by atoms with Crippen molar-refractivity contribution >= 4 is 5.96 Å². The van der Waals surface area contributed by atoms with Crippen LogP contribution in [-0.4, -0.2) is 68.2 Å². The molecular weight excluding hydrogens is 372 g/mol. The molecule has 0 aliphatic carbocycles. The third-order valence-electron chi connectivity index (χ3n) is 6.27. The lowest BCUT2D eigenvalue weighted by atomic mass is 10.0. The number of nitrogens with one attached hydrogen (secondary N) is 1. The van der Waals surface area contributed by atoms with Gasteiger partial charge in [0, 0.05) is 38.6 Å². The summed E-state index contributed by atoms with van der Waals surface area (Å²) in [5, 5.41) is 3.50. The molecule has 0 spiro atoms. The molecule has 0 amide bonds. The summed E-state index contributed by atoms with van der Waals surface area (Å²) >= 11 is 0. The van der Waals surface area contributed by atoms with E-state index in [4.69, 9.17) is 9.73 Å². The Morgan fingerprint density at radius 2 is 2.00 bits per heavy atom. The highest BCUT2D eigenvalue weighted by atomic mass is 16.5. The van der Waals surface area contributed by atoms with Crippen molar-refractivity contribution in [1.82, 2.24) is 15.1 Å². The van der Waals surface area contributed by atoms with Crippen molar-refractivity contribution in [3.63, 3.8) is 0 Å². The molecule has 5 heteroatoms. The molecule has 1 N–H and O–H groups in total. The summed E-state index contributed by atoms with van der Waals surface area (Å²) in [4.78, 5) is 9.99. The van der Waals surface area contributed by atoms with Gasteiger partial charge < -0.3 is 19.9 Å². The molecule has 1 aromatic carbocycles. The van der Waals surface area contributed by atoms with Gasteiger partial charge in [-0.1, -0.05) is 37.3 Å². The number of hydrogen-bond donors (Lipinski definition) is 1. The molecule has 0 saturated carbocycles. The van der Waals surface area contributed by atoms with Crippen LogP contribution in [0.25, 0.3) is 0 Å². The van der Waals surface area contributed by atoms with Crippen LogP contribution in [-0.2, 0) is 11.3 Å². The molecule has 2 aliphatic heterocycles. The Bertz CT molecular complexity index is 621. The van der Waals surface area contributed by atoms with Crippen molar-refractivity contribution in [2.24, 2.45) is 16.8 Å². The zero-order valence-electron chi connectivity index (χ0n) is 19.2. The first-order valence-corrected chi connectivity index (χ1v) is 12.1. The Labute approximate surface area is 183 Å². The zero-order valence-corrected chi connectivity index (χ0v) is 19.2. The number of nitrogens with zero attached hydrogens (tertiary/aromatic N) is 3. The number of likely N-dealkylation sites (tertiary alicyclic amines) is 2. The fraction of sp³-hybridized carbons (Fsp3) is 0.720. The second-order valence-corrected chi connectivity index (χ2v) is 9.09. The fourth-order valence-electron chi connectivity index (χ4n) is 4.63. The van der Waals surface area contributed by atoms with E-state index in [1.165, 1.54) is 57.3 Å². The van der Waals surface area contributed by atoms with Crippen LogP contribution in [0.4, 0.5) is 0 Å². The monoisotopic (exact) mass is 414 g/mol. The molecule has 2 aliphatic rings. The minimum atomic E-state index is 0.596. The Morgan fingerprint density at radius 1 is 1.13 bits per heavy atom. The largest absolute Gasteiger partial charge is 0.376 e. The SMILES string of the molecule is CCNC(=NCCCCN1CCCC(C)C1)N1CCC(COCc2ccccc2)C1. The molecular formula is C25H42N4O. The molecule has 3 rings (SSSR count). The number of ether oxygens (including phenoxy) is 1. The number of hydrogen-bond acceptors (Lipinski definition) is 3. The molecule has 0 aromatic heterocycles. The Morgan fingerprint density at radius 3 is 2.80 bits per heavy atom. The van der Waals surface area contributed by atoms with Gasteiger partial charge in [0.15, 0.2) is 5.96 Å². The van der Waals surface area contributed by atoms with Crippen molar-refractivity contribution in [3.8, 4) is 0 Å². The minimum Gasteiger partial charge on any atom is -0.376 e. The summed E-state index contributed by atoms with van der Waals surface area (Å²) in [6.07, 6.45) is 6.39. The average Bonchev–Trinajstić information content (AvgIpc) is 3.22. The highest BCUT2D eigenvalue weighted by Gasteiger charge is 2.25. The van der Waals surface area contributed by atoms with Crippen LogP contribution < -0.4 is 5.32 Å². The summed E-state index contributed by atoms with van der Waals surface area (Å²) in [6, 6.07) is 10.4. The molecule has 1 aromatic rings. The highest BCUT2D eigenvalue weighted by Crippen LogP contribution is 2.18. The maximum atomic E-state index is 5.98. The van der Waals surface area contributed by atoms with Gasteiger partial charge >= 0.3 is 0 Å². The summed E-state index contributed by atoms with van der Waals surface area (Å²) in [5.41, 5.74) is 1.25. The maximum absolute atomic E-state index is 5.98. The molecule has 2 atom stereocenters. The molecule has 2 fully saturated rings. The van der Waals surface area contributed by atoms with Crippen molar-refractivity contribution in [2.75, 3.05) is 52.4 Å². The van der Waals surface area contributed by atoms with Crippen molar-refractivity contribution in [2.45, 2.75) is 52.6 Å². The van der Waals surface area contributed by atoms with Crippen LogP contribution in [0.1, 0.15) is 51.5 Å². The van der Waals surface area contributed by atoms with Gasteiger partial charge in [0.05, 0.1) is 13.2 Å². The van der Waals surface area contributed by atoms with Crippen LogP contribution in [0.5, 0.6) is 0 Å². The third kappa shape index (κ3) is 7.92. The number of rotatable bonds is 10. The number of unbranched alkanes of at least 4 members (excludes halogenated alkanes) is 1. The lowest BCUT2D eigenvalue weighted by Gasteiger charge is -2.30. The average molecular weight is 415 g/mol. The Hall–Kier alpha value is -1.59. The van der Waals surface area contributed by atoms with Crippen LogP contribution in [0.3, 0.4) is 0 Å². The molecule has 5 nitrogen and oxygen atoms in total. The van der Waals surface area contributed by atoms with E-state index in [1.54, 1.807) is 0 Å². The lowest BCUT2D eigenvalue weighted by Crippen LogP contribution is -2.40. The summed E-state index contributed by atoms with van der Waals surface area (Å²) in [7, 11) is 0. The number of guanidine groups is 1. The van der Waals surface area contributed by atoms with E-state index < -0.39 is 0 Å². The first-order valence-electron chi connectivity index (χ1n) is 12.1. The van der Waals surface area contributed by atoms with Gasteiger partial charge in [-0.3, -0.25) is 4.99 Å². The van der Waals surface area contributed by atoms with Crippen LogP contribution in [0.15, 0.2) is 35.3 Å². The van der Waals surface area contributed by atoms with Crippen molar-refractivity contribution < 1.29 is 4.74 Å². The second-order valence-electron chi connectivity index (χ2n) is 9.09. The van der Waals surface area contributed by atoms with E-state index in [9.17, 15) is 0 Å². The Balaban J connectivity index is 1.34. The summed E-state index contributed by atoms with van der Waals surface area (Å²) in [5.74, 6) is 2.56. The van der Waals surface area contributed by atoms with E-state index in [1.807, 2.05) is 6.07 Å². The third-order valence-corrected chi connectivity index (χ3v) is 6.27. The molecule has 30 heavy (non-hydrogen) atoms. The van der Waals surface area contributed by atoms with Crippen molar-refractivity contribution in [1.29, 1.82) is 0 Å². The van der Waals surface area contributed by atoms with E-state index in [0.717, 1.165) is 44.7 Å². The zero-order chi connectivity index (χ0) is 21.0. The smallest absolute Gasteiger partial charge is 0.193 e. The van der Waals surface area contributed by atoms with Crippen LogP contribution >= 0.6 is 0 Å². The number of aliphatic imine (C=N–C) groups is 1. The molecule has 2 heterocycles. The first-order chi connectivity index (χ1) is 14.7. The van der Waals surface area contributed by atoms with Gasteiger partial charge in [0.2, 0.25) is 0 Å². The highest BCUT2D eigenvalue weighted by molar-refractivity contribution is 5.80. The van der Waals surface area contributed by atoms with Gasteiger partial charge in [-0.05, 0) is 63.6 Å². The van der Waals surface area contributed by atoms with E-state index in [0.29, 0.717) is 12.5 Å². The maximum Gasteiger partial charge on any atom is 0.193 e. The summed E-state index contributed by atoms with van der Waals surface area (Å²) < 4.78 is 5.98. The van der Waals surface area contributed by atoms with Gasteiger partial charge in [-0.2, -0.15) is 0 Å². The van der Waals surface area contributed by atoms with Gasteiger partial charge in [-0.15, -0.1) is 0 Å². The normalized spacial score (nSPS) is 23.1. The van der Waals surface area contributed by atoms with Gasteiger partial charge in [0.1, 0.15) is 0 Å². The van der Waals surface area contributed by atoms with Crippen LogP contribution in [0, 0.1) is 11.8 Å². The first kappa shape index (κ1) is 23.1. The van der Waals surface area contributed by atoms with Gasteiger partial charge in [0.25, 0.3) is 0 Å². The summed E-state index contributed by atoms with van der Waals surface area (Å²) in [6.45, 7) is 13.9. The second kappa shape index (κ2) is 13.0. The molecule has 168 valence electrons. The standard InChI is InChI=1S/C25H42N4O/c1-3-26-25(27-14-7-8-15-28-16-9-10-22(2)18-28)29-17-13-24(19-29)21-30-20-23-11-5-4-6-12-23/h4-6,11-12,22,24H,3,7-10,13-21H2,1-2H3,(H,26,27). The van der Waals surface area contributed by atoms with E-state index in [2.05, 4.69) is 53.2 Å². The Kier molecular flexibility index (Phi) is 9.97. The lowest BCUT2D eigenvalue weighted by molar-refractivity contribution is 0.0907. The topological polar surface area (TPSA) is 40.1 Å². The fourth-order valence-corrected chi connectivity index (χ4v) is 4.63.